The molecule has 0 aliphatic carbocycles. The zero-order valence-electron chi connectivity index (χ0n) is 20.0. The number of hydrogen-bond donors (Lipinski definition) is 2. The maximum absolute atomic E-state index is 12.6. The largest absolute Gasteiger partial charge is 0.479 e. The summed E-state index contributed by atoms with van der Waals surface area (Å²) in [7, 11) is 1.98. The van der Waals surface area contributed by atoms with Gasteiger partial charge in [0.15, 0.2) is 6.10 Å². The molecule has 1 aliphatic rings. The van der Waals surface area contributed by atoms with Crippen LogP contribution in [0.15, 0.2) is 30.3 Å². The number of aliphatic carboxylic acids is 1. The minimum atomic E-state index is -1.18. The second kappa shape index (κ2) is 7.92. The number of anilines is 1. The van der Waals surface area contributed by atoms with Gasteiger partial charge in [-0.15, -0.1) is 0 Å². The Labute approximate surface area is 193 Å². The number of ether oxygens (including phenoxy) is 1. The molecular formula is C26H31N3O4. The van der Waals surface area contributed by atoms with Gasteiger partial charge in [-0.05, 0) is 57.4 Å². The maximum atomic E-state index is 12.6. The first-order valence-corrected chi connectivity index (χ1v) is 11.1. The summed E-state index contributed by atoms with van der Waals surface area (Å²) in [6.07, 6.45) is -1.18. The number of carboxylic acid groups (broad SMARTS) is 1. The molecule has 0 unspecified atom stereocenters. The Hall–Kier alpha value is -3.32. The Balaban J connectivity index is 2.20. The first-order chi connectivity index (χ1) is 15.4. The van der Waals surface area contributed by atoms with Gasteiger partial charge >= 0.3 is 5.97 Å². The van der Waals surface area contributed by atoms with E-state index in [0.29, 0.717) is 24.3 Å². The highest BCUT2D eigenvalue weighted by molar-refractivity contribution is 6.10. The summed E-state index contributed by atoms with van der Waals surface area (Å²) < 4.78 is 8.08. The van der Waals surface area contributed by atoms with Gasteiger partial charge in [-0.2, -0.15) is 0 Å². The molecule has 1 amide bonds. The van der Waals surface area contributed by atoms with Crippen molar-refractivity contribution in [2.45, 2.75) is 52.9 Å². The Morgan fingerprint density at radius 3 is 2.30 bits per heavy atom. The first-order valence-electron chi connectivity index (χ1n) is 11.1. The summed E-state index contributed by atoms with van der Waals surface area (Å²) >= 11 is 0. The van der Waals surface area contributed by atoms with Crippen LogP contribution in [0.25, 0.3) is 22.0 Å². The first kappa shape index (κ1) is 22.9. The van der Waals surface area contributed by atoms with Crippen LogP contribution >= 0.6 is 0 Å². The Kier molecular flexibility index (Phi) is 5.48. The molecule has 0 spiro atoms. The standard InChI is InChI=1S/C26H31N3O4/c1-14-7-9-16(10-8-14)20-17-13-18(24(27)30)29-12-11-28(6)21(22(17)29)15(2)19(20)23(25(31)32)33-26(3,4)5/h7-10,13,23H,11-12H2,1-6H3,(H2,27,30)(H,31,32)/t23-/m0/s1. The van der Waals surface area contributed by atoms with Crippen LogP contribution in [-0.2, 0) is 16.1 Å². The van der Waals surface area contributed by atoms with E-state index in [-0.39, 0.29) is 0 Å². The average Bonchev–Trinajstić information content (AvgIpc) is 3.10. The molecule has 7 heteroatoms. The number of primary amides is 1. The van der Waals surface area contributed by atoms with E-state index in [0.717, 1.165) is 38.8 Å². The topological polar surface area (TPSA) is 97.8 Å². The normalized spacial score (nSPS) is 14.5. The molecule has 33 heavy (non-hydrogen) atoms. The van der Waals surface area contributed by atoms with Crippen LogP contribution in [-0.4, -0.2) is 40.7 Å². The molecule has 0 radical (unpaired) electrons. The molecule has 174 valence electrons. The smallest absolute Gasteiger partial charge is 0.337 e. The predicted octanol–water partition coefficient (Wildman–Crippen LogP) is 4.41. The molecule has 0 fully saturated rings. The van der Waals surface area contributed by atoms with Crippen molar-refractivity contribution < 1.29 is 19.4 Å². The number of amides is 1. The number of likely N-dealkylation sites (N-methyl/N-ethyl adjacent to an activating group) is 1. The van der Waals surface area contributed by atoms with E-state index in [1.807, 2.05) is 70.5 Å². The fourth-order valence-corrected chi connectivity index (χ4v) is 4.84. The third-order valence-electron chi connectivity index (χ3n) is 6.21. The second-order valence-electron chi connectivity index (χ2n) is 9.81. The molecule has 1 aromatic heterocycles. The number of nitrogens with two attached hydrogens (primary N) is 1. The molecule has 3 N–H and O–H groups in total. The van der Waals surface area contributed by atoms with E-state index in [2.05, 4.69) is 4.90 Å². The van der Waals surface area contributed by atoms with E-state index < -0.39 is 23.6 Å². The Morgan fingerprint density at radius 1 is 1.12 bits per heavy atom. The highest BCUT2D eigenvalue weighted by Gasteiger charge is 2.36. The van der Waals surface area contributed by atoms with Crippen molar-refractivity contribution in [3.63, 3.8) is 0 Å². The third-order valence-corrected chi connectivity index (χ3v) is 6.21. The number of hydrogen-bond acceptors (Lipinski definition) is 4. The van der Waals surface area contributed by atoms with E-state index >= 15 is 0 Å². The lowest BCUT2D eigenvalue weighted by atomic mass is 9.87. The number of rotatable bonds is 5. The molecule has 3 aromatic rings. The summed E-state index contributed by atoms with van der Waals surface area (Å²) in [6.45, 7) is 10.8. The number of carboxylic acids is 1. The number of nitrogens with zero attached hydrogens (tertiary/aromatic N) is 2. The van der Waals surface area contributed by atoms with Crippen molar-refractivity contribution >= 4 is 28.5 Å². The molecule has 0 saturated carbocycles. The van der Waals surface area contributed by atoms with Crippen molar-refractivity contribution in [1.29, 1.82) is 0 Å². The van der Waals surface area contributed by atoms with E-state index in [1.165, 1.54) is 0 Å². The van der Waals surface area contributed by atoms with Crippen LogP contribution in [0.1, 0.15) is 54.1 Å². The monoisotopic (exact) mass is 449 g/mol. The summed E-state index contributed by atoms with van der Waals surface area (Å²) in [6, 6.07) is 9.77. The molecule has 7 nitrogen and oxygen atoms in total. The lowest BCUT2D eigenvalue weighted by Gasteiger charge is -2.34. The van der Waals surface area contributed by atoms with E-state index in [1.54, 1.807) is 6.07 Å². The SMILES string of the molecule is Cc1ccc(-c2c([C@H](OC(C)(C)C)C(=O)O)c(C)c3c4c2cc(C(N)=O)n4CCN3C)cc1. The molecule has 2 heterocycles. The highest BCUT2D eigenvalue weighted by atomic mass is 16.5. The van der Waals surface area contributed by atoms with E-state index in [4.69, 9.17) is 10.5 Å². The minimum Gasteiger partial charge on any atom is -0.479 e. The molecule has 0 bridgehead atoms. The van der Waals surface area contributed by atoms with Crippen molar-refractivity contribution in [2.24, 2.45) is 5.73 Å². The summed E-state index contributed by atoms with van der Waals surface area (Å²) in [4.78, 5) is 27.0. The van der Waals surface area contributed by atoms with Crippen molar-refractivity contribution in [3.05, 3.63) is 52.7 Å². The Bertz CT molecular complexity index is 1270. The highest BCUT2D eigenvalue weighted by Crippen LogP contribution is 2.47. The van der Waals surface area contributed by atoms with Gasteiger partial charge in [-0.3, -0.25) is 4.79 Å². The third kappa shape index (κ3) is 3.86. The zero-order chi connectivity index (χ0) is 24.2. The van der Waals surface area contributed by atoms with Gasteiger partial charge in [-0.25, -0.2) is 4.79 Å². The quantitative estimate of drug-likeness (QED) is 0.601. The summed E-state index contributed by atoms with van der Waals surface area (Å²) in [5.74, 6) is -1.56. The molecule has 2 aromatic carbocycles. The predicted molar refractivity (Wildman–Crippen MR) is 130 cm³/mol. The lowest BCUT2D eigenvalue weighted by Crippen LogP contribution is -2.32. The fourth-order valence-electron chi connectivity index (χ4n) is 4.84. The molecule has 1 aliphatic heterocycles. The van der Waals surface area contributed by atoms with Gasteiger partial charge in [0.1, 0.15) is 5.69 Å². The van der Waals surface area contributed by atoms with Gasteiger partial charge in [0.25, 0.3) is 5.91 Å². The number of carbonyl (C=O) groups excluding carboxylic acids is 1. The number of aryl methyl sites for hydroxylation is 1. The molecule has 1 atom stereocenters. The van der Waals surface area contributed by atoms with Gasteiger partial charge in [0.05, 0.1) is 16.8 Å². The summed E-state index contributed by atoms with van der Waals surface area (Å²) in [5.41, 5.74) is 11.5. The van der Waals surface area contributed by atoms with Crippen LogP contribution in [0.5, 0.6) is 0 Å². The van der Waals surface area contributed by atoms with Crippen LogP contribution in [0.2, 0.25) is 0 Å². The van der Waals surface area contributed by atoms with E-state index in [9.17, 15) is 14.7 Å². The number of benzene rings is 2. The number of aromatic nitrogens is 1. The van der Waals surface area contributed by atoms with Crippen molar-refractivity contribution in [1.82, 2.24) is 4.57 Å². The van der Waals surface area contributed by atoms with Gasteiger partial charge in [0.2, 0.25) is 0 Å². The molecular weight excluding hydrogens is 418 g/mol. The van der Waals surface area contributed by atoms with Crippen LogP contribution in [0, 0.1) is 13.8 Å². The van der Waals surface area contributed by atoms with Crippen molar-refractivity contribution in [3.8, 4) is 11.1 Å². The zero-order valence-corrected chi connectivity index (χ0v) is 20.0. The molecule has 0 saturated heterocycles. The Morgan fingerprint density at radius 2 is 1.76 bits per heavy atom. The minimum absolute atomic E-state index is 0.424. The summed E-state index contributed by atoms with van der Waals surface area (Å²) in [5, 5.41) is 11.1. The average molecular weight is 450 g/mol. The van der Waals surface area contributed by atoms with Gasteiger partial charge in [0, 0.05) is 31.1 Å². The van der Waals surface area contributed by atoms with Crippen LogP contribution in [0.3, 0.4) is 0 Å². The van der Waals surface area contributed by atoms with Crippen molar-refractivity contribution in [2.75, 3.05) is 18.5 Å². The van der Waals surface area contributed by atoms with Gasteiger partial charge < -0.3 is 25.0 Å². The van der Waals surface area contributed by atoms with Crippen LogP contribution in [0.4, 0.5) is 5.69 Å². The molecule has 4 rings (SSSR count). The van der Waals surface area contributed by atoms with Gasteiger partial charge in [-0.1, -0.05) is 29.8 Å². The second-order valence-corrected chi connectivity index (χ2v) is 9.81. The number of carbonyl (C=O) groups is 2. The lowest BCUT2D eigenvalue weighted by molar-refractivity contribution is -0.160. The van der Waals surface area contributed by atoms with Crippen LogP contribution < -0.4 is 10.6 Å². The fraction of sp³-hybridized carbons (Fsp3) is 0.385. The maximum Gasteiger partial charge on any atom is 0.337 e.